The minimum Gasteiger partial charge on any atom is -0.465 e. The molecule has 0 aliphatic heterocycles. The maximum absolute atomic E-state index is 13.1. The maximum atomic E-state index is 13.1. The van der Waals surface area contributed by atoms with E-state index < -0.39 is 0 Å². The van der Waals surface area contributed by atoms with Gasteiger partial charge >= 0.3 is 0 Å². The van der Waals surface area contributed by atoms with Gasteiger partial charge in [-0.3, -0.25) is 4.90 Å². The Kier molecular flexibility index (Phi) is 4.19. The van der Waals surface area contributed by atoms with Crippen LogP contribution in [0.1, 0.15) is 17.1 Å². The molecule has 0 saturated heterocycles. The molecule has 18 heavy (non-hydrogen) atoms. The SMILES string of the molecule is Cc1ccc(CN(C)Cc2ccc(F)c(Br)c2)o1. The molecule has 0 saturated carbocycles. The molecule has 0 aliphatic rings. The zero-order valence-electron chi connectivity index (χ0n) is 10.4. The Bertz CT molecular complexity index is 538. The van der Waals surface area contributed by atoms with Crippen molar-refractivity contribution in [1.29, 1.82) is 0 Å². The molecule has 0 unspecified atom stereocenters. The number of hydrogen-bond donors (Lipinski definition) is 0. The maximum Gasteiger partial charge on any atom is 0.137 e. The van der Waals surface area contributed by atoms with Crippen LogP contribution in [0.15, 0.2) is 39.2 Å². The summed E-state index contributed by atoms with van der Waals surface area (Å²) in [6.45, 7) is 3.42. The number of halogens is 2. The first kappa shape index (κ1) is 13.3. The van der Waals surface area contributed by atoms with E-state index in [0.717, 1.165) is 30.2 Å². The highest BCUT2D eigenvalue weighted by Crippen LogP contribution is 2.18. The molecule has 4 heteroatoms. The Hall–Kier alpha value is -1.13. The molecule has 0 atom stereocenters. The van der Waals surface area contributed by atoms with E-state index in [-0.39, 0.29) is 5.82 Å². The number of nitrogens with zero attached hydrogens (tertiary/aromatic N) is 1. The topological polar surface area (TPSA) is 16.4 Å². The third kappa shape index (κ3) is 3.43. The second-order valence-electron chi connectivity index (χ2n) is 4.43. The minimum absolute atomic E-state index is 0.233. The van der Waals surface area contributed by atoms with Crippen LogP contribution in [0.2, 0.25) is 0 Å². The van der Waals surface area contributed by atoms with Crippen molar-refractivity contribution < 1.29 is 8.81 Å². The molecule has 2 aromatic rings. The summed E-state index contributed by atoms with van der Waals surface area (Å²) >= 11 is 3.19. The molecule has 0 N–H and O–H groups in total. The lowest BCUT2D eigenvalue weighted by Crippen LogP contribution is -2.16. The van der Waals surface area contributed by atoms with Crippen molar-refractivity contribution in [2.24, 2.45) is 0 Å². The molecule has 2 nitrogen and oxygen atoms in total. The summed E-state index contributed by atoms with van der Waals surface area (Å²) < 4.78 is 19.1. The van der Waals surface area contributed by atoms with E-state index in [1.54, 1.807) is 12.1 Å². The summed E-state index contributed by atoms with van der Waals surface area (Å²) in [5.74, 6) is 1.63. The van der Waals surface area contributed by atoms with Crippen molar-refractivity contribution >= 4 is 15.9 Å². The van der Waals surface area contributed by atoms with Gasteiger partial charge in [-0.1, -0.05) is 6.07 Å². The monoisotopic (exact) mass is 311 g/mol. The van der Waals surface area contributed by atoms with Gasteiger partial charge in [-0.05, 0) is 59.7 Å². The number of rotatable bonds is 4. The highest BCUT2D eigenvalue weighted by molar-refractivity contribution is 9.10. The standard InChI is InChI=1S/C14H15BrFNO/c1-10-3-5-12(18-10)9-17(2)8-11-4-6-14(16)13(15)7-11/h3-7H,8-9H2,1-2H3. The molecule has 1 aromatic carbocycles. The van der Waals surface area contributed by atoms with Crippen molar-refractivity contribution in [1.82, 2.24) is 4.90 Å². The number of aryl methyl sites for hydroxylation is 1. The Morgan fingerprint density at radius 3 is 2.61 bits per heavy atom. The minimum atomic E-state index is -0.233. The van der Waals surface area contributed by atoms with Crippen LogP contribution in [-0.4, -0.2) is 11.9 Å². The number of benzene rings is 1. The first-order valence-corrected chi connectivity index (χ1v) is 6.51. The normalized spacial score (nSPS) is 11.2. The molecule has 0 amide bonds. The average molecular weight is 312 g/mol. The van der Waals surface area contributed by atoms with Crippen molar-refractivity contribution in [2.75, 3.05) is 7.05 Å². The van der Waals surface area contributed by atoms with Gasteiger partial charge in [-0.15, -0.1) is 0 Å². The van der Waals surface area contributed by atoms with Gasteiger partial charge in [0.1, 0.15) is 17.3 Å². The van der Waals surface area contributed by atoms with E-state index in [1.807, 2.05) is 26.1 Å². The number of hydrogen-bond acceptors (Lipinski definition) is 2. The molecule has 0 bridgehead atoms. The summed E-state index contributed by atoms with van der Waals surface area (Å²) in [5.41, 5.74) is 1.06. The Balaban J connectivity index is 1.98. The lowest BCUT2D eigenvalue weighted by atomic mass is 10.2. The van der Waals surface area contributed by atoms with Gasteiger partial charge in [0.05, 0.1) is 11.0 Å². The van der Waals surface area contributed by atoms with Crippen LogP contribution >= 0.6 is 15.9 Å². The molecule has 2 rings (SSSR count). The smallest absolute Gasteiger partial charge is 0.137 e. The molecule has 96 valence electrons. The molecule has 0 fully saturated rings. The van der Waals surface area contributed by atoms with Crippen LogP contribution in [0.5, 0.6) is 0 Å². The Morgan fingerprint density at radius 2 is 2.00 bits per heavy atom. The Morgan fingerprint density at radius 1 is 1.22 bits per heavy atom. The van der Waals surface area contributed by atoms with Gasteiger partial charge in [0, 0.05) is 6.54 Å². The molecule has 0 aliphatic carbocycles. The van der Waals surface area contributed by atoms with Crippen LogP contribution in [0, 0.1) is 12.7 Å². The highest BCUT2D eigenvalue weighted by Gasteiger charge is 2.06. The van der Waals surface area contributed by atoms with Crippen molar-refractivity contribution in [3.63, 3.8) is 0 Å². The lowest BCUT2D eigenvalue weighted by molar-refractivity contribution is 0.285. The largest absolute Gasteiger partial charge is 0.465 e. The summed E-state index contributed by atoms with van der Waals surface area (Å²) in [7, 11) is 2.01. The van der Waals surface area contributed by atoms with Gasteiger partial charge in [0.2, 0.25) is 0 Å². The first-order valence-electron chi connectivity index (χ1n) is 5.72. The third-order valence-electron chi connectivity index (χ3n) is 2.66. The fraction of sp³-hybridized carbons (Fsp3) is 0.286. The molecular weight excluding hydrogens is 297 g/mol. The second kappa shape index (κ2) is 5.67. The van der Waals surface area contributed by atoms with Gasteiger partial charge < -0.3 is 4.42 Å². The van der Waals surface area contributed by atoms with Crippen molar-refractivity contribution in [3.8, 4) is 0 Å². The summed E-state index contributed by atoms with van der Waals surface area (Å²) in [5, 5.41) is 0. The molecule has 1 aromatic heterocycles. The highest BCUT2D eigenvalue weighted by atomic mass is 79.9. The van der Waals surface area contributed by atoms with Crippen LogP contribution in [0.3, 0.4) is 0 Å². The van der Waals surface area contributed by atoms with Crippen molar-refractivity contribution in [3.05, 3.63) is 57.7 Å². The number of furan rings is 1. The predicted molar refractivity (Wildman–Crippen MR) is 72.7 cm³/mol. The average Bonchev–Trinajstić information content (AvgIpc) is 2.69. The van der Waals surface area contributed by atoms with Crippen molar-refractivity contribution in [2.45, 2.75) is 20.0 Å². The van der Waals surface area contributed by atoms with E-state index in [0.29, 0.717) is 4.47 Å². The summed E-state index contributed by atoms with van der Waals surface area (Å²) in [6, 6.07) is 9.01. The zero-order chi connectivity index (χ0) is 13.1. The molecule has 0 radical (unpaired) electrons. The van der Waals surface area contributed by atoms with E-state index in [2.05, 4.69) is 20.8 Å². The first-order chi connectivity index (χ1) is 8.54. The quantitative estimate of drug-likeness (QED) is 0.844. The summed E-state index contributed by atoms with van der Waals surface area (Å²) in [6.07, 6.45) is 0. The van der Waals surface area contributed by atoms with Crippen LogP contribution in [0.25, 0.3) is 0 Å². The third-order valence-corrected chi connectivity index (χ3v) is 3.27. The molecular formula is C14H15BrFNO. The van der Waals surface area contributed by atoms with E-state index >= 15 is 0 Å². The van der Waals surface area contributed by atoms with E-state index in [4.69, 9.17) is 4.42 Å². The van der Waals surface area contributed by atoms with Crippen LogP contribution in [-0.2, 0) is 13.1 Å². The van der Waals surface area contributed by atoms with Gasteiger partial charge in [0.15, 0.2) is 0 Å². The van der Waals surface area contributed by atoms with Gasteiger partial charge in [0.25, 0.3) is 0 Å². The predicted octanol–water partition coefficient (Wildman–Crippen LogP) is 4.12. The van der Waals surface area contributed by atoms with Gasteiger partial charge in [-0.25, -0.2) is 4.39 Å². The van der Waals surface area contributed by atoms with Gasteiger partial charge in [-0.2, -0.15) is 0 Å². The second-order valence-corrected chi connectivity index (χ2v) is 5.29. The molecule has 0 spiro atoms. The zero-order valence-corrected chi connectivity index (χ0v) is 12.0. The van der Waals surface area contributed by atoms with Crippen LogP contribution < -0.4 is 0 Å². The van der Waals surface area contributed by atoms with E-state index in [1.165, 1.54) is 6.07 Å². The fourth-order valence-electron chi connectivity index (χ4n) is 1.84. The Labute approximate surface area is 115 Å². The van der Waals surface area contributed by atoms with Crippen LogP contribution in [0.4, 0.5) is 4.39 Å². The lowest BCUT2D eigenvalue weighted by Gasteiger charge is -2.15. The molecule has 1 heterocycles. The summed E-state index contributed by atoms with van der Waals surface area (Å²) in [4.78, 5) is 2.12. The van der Waals surface area contributed by atoms with E-state index in [9.17, 15) is 4.39 Å². The fourth-order valence-corrected chi connectivity index (χ4v) is 2.27.